The maximum Gasteiger partial charge on any atom is 0.0558 e. The van der Waals surface area contributed by atoms with E-state index in [1.807, 2.05) is 30.5 Å². The maximum absolute atomic E-state index is 6.40. The number of aryl methyl sites for hydroxylation is 1. The third-order valence-electron chi connectivity index (χ3n) is 4.12. The molecule has 1 aromatic heterocycles. The fourth-order valence-electron chi connectivity index (χ4n) is 3.15. The molecule has 2 atom stereocenters. The van der Waals surface area contributed by atoms with Crippen LogP contribution in [0.1, 0.15) is 41.6 Å². The minimum Gasteiger partial charge on any atom is -0.271 e. The van der Waals surface area contributed by atoms with Crippen LogP contribution >= 0.6 is 27.5 Å². The Morgan fingerprint density at radius 1 is 1.38 bits per heavy atom. The number of hydrogen-bond donors (Lipinski definition) is 2. The molecule has 110 valence electrons. The molecule has 0 fully saturated rings. The average molecular weight is 367 g/mol. The molecule has 0 saturated heterocycles. The largest absolute Gasteiger partial charge is 0.271 e. The first-order valence-corrected chi connectivity index (χ1v) is 8.22. The van der Waals surface area contributed by atoms with Crippen molar-refractivity contribution in [1.82, 2.24) is 10.4 Å². The Morgan fingerprint density at radius 2 is 2.24 bits per heavy atom. The Bertz CT molecular complexity index is 647. The fraction of sp³-hybridized carbons (Fsp3) is 0.312. The molecule has 2 aromatic rings. The molecule has 5 heteroatoms. The van der Waals surface area contributed by atoms with Crippen molar-refractivity contribution < 1.29 is 0 Å². The molecular weight excluding hydrogens is 350 g/mol. The van der Waals surface area contributed by atoms with E-state index in [1.165, 1.54) is 5.56 Å². The highest BCUT2D eigenvalue weighted by molar-refractivity contribution is 9.10. The zero-order chi connectivity index (χ0) is 14.8. The van der Waals surface area contributed by atoms with E-state index in [4.69, 9.17) is 17.4 Å². The van der Waals surface area contributed by atoms with Crippen molar-refractivity contribution in [3.63, 3.8) is 0 Å². The predicted octanol–water partition coefficient (Wildman–Crippen LogP) is 4.12. The summed E-state index contributed by atoms with van der Waals surface area (Å²) in [5.74, 6) is 6.10. The van der Waals surface area contributed by atoms with Crippen LogP contribution in [0.25, 0.3) is 0 Å². The molecule has 3 rings (SSSR count). The number of nitrogens with two attached hydrogens (primary N) is 1. The Kier molecular flexibility index (Phi) is 4.60. The number of nitrogens with zero attached hydrogens (tertiary/aromatic N) is 1. The second-order valence-corrected chi connectivity index (χ2v) is 6.68. The number of pyridine rings is 1. The quantitative estimate of drug-likeness (QED) is 0.634. The van der Waals surface area contributed by atoms with E-state index in [-0.39, 0.29) is 12.0 Å². The van der Waals surface area contributed by atoms with E-state index in [2.05, 4.69) is 32.4 Å². The number of hydrazine groups is 1. The molecule has 2 unspecified atom stereocenters. The van der Waals surface area contributed by atoms with Gasteiger partial charge in [-0.1, -0.05) is 39.7 Å². The van der Waals surface area contributed by atoms with Crippen molar-refractivity contribution in [1.29, 1.82) is 0 Å². The molecule has 1 aromatic carbocycles. The van der Waals surface area contributed by atoms with Gasteiger partial charge in [-0.3, -0.25) is 16.3 Å². The van der Waals surface area contributed by atoms with Crippen LogP contribution in [0.4, 0.5) is 0 Å². The Balaban J connectivity index is 2.01. The van der Waals surface area contributed by atoms with E-state index in [1.54, 1.807) is 0 Å². The van der Waals surface area contributed by atoms with Gasteiger partial charge in [0, 0.05) is 27.3 Å². The molecule has 0 bridgehead atoms. The summed E-state index contributed by atoms with van der Waals surface area (Å²) in [5, 5.41) is 0.718. The van der Waals surface area contributed by atoms with Gasteiger partial charge >= 0.3 is 0 Å². The topological polar surface area (TPSA) is 50.9 Å². The summed E-state index contributed by atoms with van der Waals surface area (Å²) in [4.78, 5) is 4.59. The molecule has 21 heavy (non-hydrogen) atoms. The van der Waals surface area contributed by atoms with Crippen LogP contribution in [0.5, 0.6) is 0 Å². The minimum atomic E-state index is -0.0282. The lowest BCUT2D eigenvalue weighted by molar-refractivity contribution is 0.400. The maximum atomic E-state index is 6.40. The highest BCUT2D eigenvalue weighted by Crippen LogP contribution is 2.41. The first kappa shape index (κ1) is 15.0. The molecule has 0 radical (unpaired) electrons. The SMILES string of the molecule is NNC(c1ccc(Br)cc1Cl)C1CCCc2cccnc21. The standard InChI is InChI=1S/C16H17BrClN3/c17-11-6-7-12(14(18)9-11)16(21-19)13-5-1-3-10-4-2-8-20-15(10)13/h2,4,6-9,13,16,21H,1,3,5,19H2. The first-order chi connectivity index (χ1) is 10.2. The smallest absolute Gasteiger partial charge is 0.0558 e. The van der Waals surface area contributed by atoms with Gasteiger partial charge in [0.1, 0.15) is 0 Å². The summed E-state index contributed by atoms with van der Waals surface area (Å²) in [6, 6.07) is 10.1. The molecule has 3 N–H and O–H groups in total. The van der Waals surface area contributed by atoms with E-state index in [0.717, 1.165) is 40.0 Å². The molecule has 1 aliphatic carbocycles. The van der Waals surface area contributed by atoms with Crippen molar-refractivity contribution in [2.75, 3.05) is 0 Å². The second kappa shape index (κ2) is 6.44. The molecule has 0 amide bonds. The van der Waals surface area contributed by atoms with Crippen LogP contribution < -0.4 is 11.3 Å². The van der Waals surface area contributed by atoms with Gasteiger partial charge < -0.3 is 0 Å². The van der Waals surface area contributed by atoms with Crippen LogP contribution in [0.3, 0.4) is 0 Å². The summed E-state index contributed by atoms with van der Waals surface area (Å²) >= 11 is 9.84. The van der Waals surface area contributed by atoms with E-state index in [9.17, 15) is 0 Å². The Hall–Kier alpha value is -0.940. The average Bonchev–Trinajstić information content (AvgIpc) is 2.50. The van der Waals surface area contributed by atoms with Crippen LogP contribution in [0.15, 0.2) is 41.0 Å². The molecule has 0 aliphatic heterocycles. The third kappa shape index (κ3) is 2.99. The number of fused-ring (bicyclic) bond motifs is 1. The van der Waals surface area contributed by atoms with Crippen LogP contribution in [0, 0.1) is 0 Å². The molecule has 0 saturated carbocycles. The van der Waals surface area contributed by atoms with Gasteiger partial charge in [0.15, 0.2) is 0 Å². The number of nitrogens with one attached hydrogen (secondary N) is 1. The summed E-state index contributed by atoms with van der Waals surface area (Å²) in [5.41, 5.74) is 6.43. The van der Waals surface area contributed by atoms with Gasteiger partial charge in [-0.2, -0.15) is 0 Å². The molecule has 3 nitrogen and oxygen atoms in total. The molecular formula is C16H17BrClN3. The van der Waals surface area contributed by atoms with Crippen LogP contribution in [-0.4, -0.2) is 4.98 Å². The molecule has 0 spiro atoms. The summed E-state index contributed by atoms with van der Waals surface area (Å²) < 4.78 is 0.967. The van der Waals surface area contributed by atoms with Crippen molar-refractivity contribution in [3.8, 4) is 0 Å². The zero-order valence-corrected chi connectivity index (χ0v) is 13.9. The number of rotatable bonds is 3. The summed E-state index contributed by atoms with van der Waals surface area (Å²) in [6.07, 6.45) is 5.15. The van der Waals surface area contributed by atoms with Gasteiger partial charge in [0.05, 0.1) is 6.04 Å². The van der Waals surface area contributed by atoms with Gasteiger partial charge in [-0.05, 0) is 48.6 Å². The van der Waals surface area contributed by atoms with Crippen molar-refractivity contribution >= 4 is 27.5 Å². The zero-order valence-electron chi connectivity index (χ0n) is 11.5. The highest BCUT2D eigenvalue weighted by atomic mass is 79.9. The van der Waals surface area contributed by atoms with Gasteiger partial charge in [-0.25, -0.2) is 0 Å². The first-order valence-electron chi connectivity index (χ1n) is 7.05. The molecule has 1 heterocycles. The summed E-state index contributed by atoms with van der Waals surface area (Å²) in [7, 11) is 0. The molecule has 1 aliphatic rings. The number of benzene rings is 1. The minimum absolute atomic E-state index is 0.0282. The number of aromatic nitrogens is 1. The van der Waals surface area contributed by atoms with Crippen molar-refractivity contribution in [3.05, 3.63) is 62.8 Å². The van der Waals surface area contributed by atoms with Crippen LogP contribution in [-0.2, 0) is 6.42 Å². The van der Waals surface area contributed by atoms with E-state index < -0.39 is 0 Å². The monoisotopic (exact) mass is 365 g/mol. The van der Waals surface area contributed by atoms with Crippen molar-refractivity contribution in [2.45, 2.75) is 31.2 Å². The van der Waals surface area contributed by atoms with Gasteiger partial charge in [0.25, 0.3) is 0 Å². The third-order valence-corrected chi connectivity index (χ3v) is 4.94. The predicted molar refractivity (Wildman–Crippen MR) is 89.1 cm³/mol. The summed E-state index contributed by atoms with van der Waals surface area (Å²) in [6.45, 7) is 0. The second-order valence-electron chi connectivity index (χ2n) is 5.36. The van der Waals surface area contributed by atoms with Crippen LogP contribution in [0.2, 0.25) is 5.02 Å². The van der Waals surface area contributed by atoms with E-state index in [0.29, 0.717) is 0 Å². The Morgan fingerprint density at radius 3 is 3.00 bits per heavy atom. The lowest BCUT2D eigenvalue weighted by Gasteiger charge is -2.31. The van der Waals surface area contributed by atoms with Gasteiger partial charge in [-0.15, -0.1) is 0 Å². The highest BCUT2D eigenvalue weighted by Gasteiger charge is 2.30. The Labute approximate surface area is 138 Å². The van der Waals surface area contributed by atoms with Crippen molar-refractivity contribution in [2.24, 2.45) is 5.84 Å². The lowest BCUT2D eigenvalue weighted by atomic mass is 9.80. The fourth-order valence-corrected chi connectivity index (χ4v) is 3.94. The van der Waals surface area contributed by atoms with E-state index >= 15 is 0 Å². The van der Waals surface area contributed by atoms with Gasteiger partial charge in [0.2, 0.25) is 0 Å². The number of hydrogen-bond acceptors (Lipinski definition) is 3. The number of halogens is 2. The lowest BCUT2D eigenvalue weighted by Crippen LogP contribution is -2.34. The normalized spacial score (nSPS) is 19.1.